The average molecular weight is 1340 g/mol. The number of ketones is 3. The van der Waals surface area contributed by atoms with Crippen LogP contribution in [0.4, 0.5) is 13.6 Å². The molecule has 26 nitrogen and oxygen atoms in total. The second-order valence-electron chi connectivity index (χ2n) is 20.8. The molecule has 2 aromatic rings. The van der Waals surface area contributed by atoms with Crippen LogP contribution in [0.1, 0.15) is 146 Å². The van der Waals surface area contributed by atoms with Crippen LogP contribution in [0.25, 0.3) is 10.4 Å². The fourth-order valence-corrected chi connectivity index (χ4v) is 8.82. The van der Waals surface area contributed by atoms with Crippen LogP contribution in [0, 0.1) is 49.4 Å². The summed E-state index contributed by atoms with van der Waals surface area (Å²) in [7, 11) is -3.63. The van der Waals surface area contributed by atoms with Crippen LogP contribution in [-0.2, 0) is 73.4 Å². The van der Waals surface area contributed by atoms with E-state index in [9.17, 15) is 60.7 Å². The van der Waals surface area contributed by atoms with Crippen molar-refractivity contribution < 1.29 is 83.8 Å². The number of hydrogen-bond donors (Lipinski definition) is 7. The Bertz CT molecular complexity index is 2830. The van der Waals surface area contributed by atoms with Crippen molar-refractivity contribution in [3.8, 4) is 37.0 Å². The van der Waals surface area contributed by atoms with Gasteiger partial charge in [-0.15, -0.1) is 37.0 Å². The van der Waals surface area contributed by atoms with Gasteiger partial charge >= 0.3 is 12.0 Å². The largest absolute Gasteiger partial charge is 0.481 e. The standard InChI is InChI=1S/C43H66N10O13.C12H14O3S.2C5H7F/c44-38(45)16-8-7-14-34-37(56)17-18-39(57)48-36(28-40(58)59)42(61)51-53(30-31-10-3-1-4-11-31)43(62)50-35(41(60)49-34)15-6-2-5-12-32(54)19-21-64-23-25-66-27-26-65-24-22-63-20-9-13-33(55)29-47-52-46;1-3-4-5-10-15-16(13,14)12-8-6-11(2)7-9-12;2*1-2-3-4-5-6/h1,3-4,10-11,34-36H,2,5-9,12-30H2,(H3,44,45)(H,48,57)(H,49,60)(H,50,62)(H,51,61)(H,58,59);1,6-9H,4-5,10H2,2H3;2*1H,3-5H2/t34-,35-,36-;;;/m0.../s1/i;;2*6-1. The van der Waals surface area contributed by atoms with Crippen molar-refractivity contribution in [3.63, 3.8) is 0 Å². The monoisotopic (exact) mass is 1340 g/mol. The number of alkyl halides is 2. The summed E-state index contributed by atoms with van der Waals surface area (Å²) in [6.07, 6.45) is 20.4. The molecule has 2 aromatic carbocycles. The molecule has 0 unspecified atom stereocenters. The number of carboxylic acids is 1. The van der Waals surface area contributed by atoms with Crippen molar-refractivity contribution in [2.45, 2.75) is 171 Å². The highest BCUT2D eigenvalue weighted by atomic mass is 32.2. The summed E-state index contributed by atoms with van der Waals surface area (Å²) in [6.45, 7) is 3.76. The second kappa shape index (κ2) is 56.2. The molecule has 1 aliphatic heterocycles. The third-order valence-corrected chi connectivity index (χ3v) is 14.2. The number of carbonyl (C=O) groups is 8. The summed E-state index contributed by atoms with van der Waals surface area (Å²) in [4.78, 5) is 106. The Morgan fingerprint density at radius 1 is 0.670 bits per heavy atom. The number of halogens is 2. The van der Waals surface area contributed by atoms with E-state index in [0.29, 0.717) is 129 Å². The number of nitrogens with zero attached hydrogens (tertiary/aromatic N) is 4. The van der Waals surface area contributed by atoms with Crippen molar-refractivity contribution >= 4 is 63.0 Å². The molecule has 520 valence electrons. The molecule has 5 amide bonds. The number of ether oxygens (including phenoxy) is 4. The minimum absolute atomic E-state index is 0.0150. The molecule has 1 heterocycles. The van der Waals surface area contributed by atoms with E-state index in [1.807, 2.05) is 6.92 Å². The number of benzene rings is 2. The van der Waals surface area contributed by atoms with Gasteiger partial charge in [-0.2, -0.15) is 8.42 Å². The number of nitrogens with one attached hydrogen (secondary N) is 5. The lowest BCUT2D eigenvalue weighted by Crippen LogP contribution is -2.59. The van der Waals surface area contributed by atoms with Crippen LogP contribution in [0.2, 0.25) is 0 Å². The smallest absolute Gasteiger partial charge is 0.337 e. The highest BCUT2D eigenvalue weighted by molar-refractivity contribution is 7.86. The zero-order valence-corrected chi connectivity index (χ0v) is 54.6. The van der Waals surface area contributed by atoms with Crippen molar-refractivity contribution in [1.82, 2.24) is 26.4 Å². The maximum Gasteiger partial charge on any atom is 0.337 e. The Labute approximate surface area is 551 Å². The summed E-state index contributed by atoms with van der Waals surface area (Å²) >= 11 is 0. The van der Waals surface area contributed by atoms with Crippen LogP contribution < -0.4 is 27.1 Å². The molecule has 0 saturated carbocycles. The van der Waals surface area contributed by atoms with Gasteiger partial charge in [-0.1, -0.05) is 72.4 Å². The lowest BCUT2D eigenvalue weighted by molar-refractivity contribution is -0.141. The number of carboxylic acid groups (broad SMARTS) is 1. The number of rotatable bonds is 42. The highest BCUT2D eigenvalue weighted by Crippen LogP contribution is 2.16. The maximum absolute atomic E-state index is 13.9. The number of carbonyl (C=O) groups excluding carboxylic acids is 7. The Morgan fingerprint density at radius 3 is 1.79 bits per heavy atom. The molecule has 0 radical (unpaired) electrons. The maximum atomic E-state index is 13.9. The zero-order valence-electron chi connectivity index (χ0n) is 53.8. The first-order valence-electron chi connectivity index (χ1n) is 31.0. The number of unbranched alkanes of at least 4 members (excludes halogenated alkanes) is 6. The molecule has 29 heteroatoms. The fourth-order valence-electron chi connectivity index (χ4n) is 7.88. The minimum atomic E-state index is -3.63. The molecule has 1 aliphatic rings. The summed E-state index contributed by atoms with van der Waals surface area (Å²) in [5.74, 6) is 2.55. The van der Waals surface area contributed by atoms with E-state index in [2.05, 4.69) is 49.2 Å². The van der Waals surface area contributed by atoms with Gasteiger partial charge < -0.3 is 45.7 Å². The van der Waals surface area contributed by atoms with Crippen molar-refractivity contribution in [3.05, 3.63) is 76.2 Å². The third-order valence-electron chi connectivity index (χ3n) is 12.9. The second-order valence-corrected chi connectivity index (χ2v) is 22.4. The third kappa shape index (κ3) is 46.7. The topological polar surface area (TPSA) is 387 Å². The molecule has 1 saturated heterocycles. The van der Waals surface area contributed by atoms with Crippen LogP contribution >= 0.6 is 0 Å². The minimum Gasteiger partial charge on any atom is -0.481 e. The number of amidine groups is 1. The predicted molar refractivity (Wildman–Crippen MR) is 348 cm³/mol. The first-order chi connectivity index (χ1) is 45.2. The summed E-state index contributed by atoms with van der Waals surface area (Å²) in [5, 5.41) is 28.9. The summed E-state index contributed by atoms with van der Waals surface area (Å²) in [6, 6.07) is 10.3. The first kappa shape index (κ1) is 85.7. The van der Waals surface area contributed by atoms with Gasteiger partial charge in [-0.05, 0) is 81.5 Å². The number of terminal acetylenes is 3. The SMILES string of the molecule is C#CCCCOS(=O)(=O)c1ccc(C)cc1.C#CCCC[18F].C#CCCC[18F].[N-]=[N+]=NCC(=O)CCCOCCOCCOCCOCCC(=O)CCCCC[C@@H]1NC(=O)N(Cc2ccccc2)NC(=O)[C@H](CC(=O)O)NC(=O)CCC(=O)[C@H](CCCCC(=N)N)NC1=O. The molecule has 0 bridgehead atoms. The Kier molecular flexibility index (Phi) is 51.2. The number of aliphatic carboxylic acids is 1. The number of amides is 5. The molecule has 1 fully saturated rings. The van der Waals surface area contributed by atoms with Gasteiger partial charge in [-0.25, -0.2) is 9.80 Å². The highest BCUT2D eigenvalue weighted by Gasteiger charge is 2.32. The molecule has 3 atom stereocenters. The van der Waals surface area contributed by atoms with Crippen molar-refractivity contribution in [1.29, 1.82) is 5.41 Å². The van der Waals surface area contributed by atoms with Gasteiger partial charge in [0.2, 0.25) is 11.8 Å². The van der Waals surface area contributed by atoms with E-state index < -0.39 is 76.6 Å². The molecule has 94 heavy (non-hydrogen) atoms. The van der Waals surface area contributed by atoms with E-state index in [4.69, 9.17) is 59.1 Å². The van der Waals surface area contributed by atoms with E-state index in [0.717, 1.165) is 10.6 Å². The predicted octanol–water partition coefficient (Wildman–Crippen LogP) is 7.39. The molecular weight excluding hydrogens is 1240 g/mol. The van der Waals surface area contributed by atoms with Crippen LogP contribution in [-0.4, -0.2) is 169 Å². The number of Topliss-reactive ketones (excluding diaryl/α,β-unsaturated/α-hetero) is 3. The molecular formula is C65H94F2N10O16S. The first-order valence-corrected chi connectivity index (χ1v) is 32.4. The number of nitrogens with two attached hydrogens (primary N) is 1. The average Bonchev–Trinajstić information content (AvgIpc) is 1.15. The van der Waals surface area contributed by atoms with Crippen molar-refractivity contribution in [2.24, 2.45) is 10.8 Å². The number of hydrazine groups is 1. The lowest BCUT2D eigenvalue weighted by Gasteiger charge is -2.28. The molecule has 0 spiro atoms. The Balaban J connectivity index is 0.00000252. The van der Waals surface area contributed by atoms with Gasteiger partial charge in [0.1, 0.15) is 23.7 Å². The Morgan fingerprint density at radius 2 is 1.22 bits per heavy atom. The van der Waals surface area contributed by atoms with E-state index >= 15 is 0 Å². The van der Waals surface area contributed by atoms with Crippen LogP contribution in [0.15, 0.2) is 64.6 Å². The molecule has 8 N–H and O–H groups in total. The number of urea groups is 1. The number of azide groups is 1. The molecule has 3 rings (SSSR count). The van der Waals surface area contributed by atoms with Gasteiger partial charge in [0.05, 0.1) is 102 Å². The lowest BCUT2D eigenvalue weighted by atomic mass is 9.99. The number of hydrogen-bond acceptors (Lipinski definition) is 17. The van der Waals surface area contributed by atoms with Crippen molar-refractivity contribution in [2.75, 3.05) is 79.4 Å². The molecule has 0 aliphatic carbocycles. The Hall–Kier alpha value is -8.33. The fraction of sp³-hybridized carbons (Fsp3) is 0.585. The van der Waals surface area contributed by atoms with E-state index in [-0.39, 0.29) is 107 Å². The van der Waals surface area contributed by atoms with Gasteiger partial charge in [-0.3, -0.25) is 57.4 Å². The van der Waals surface area contributed by atoms with Gasteiger partial charge in [0.15, 0.2) is 5.78 Å². The van der Waals surface area contributed by atoms with E-state index in [1.54, 1.807) is 42.5 Å². The quantitative estimate of drug-likeness (QED) is 0.00498. The van der Waals surface area contributed by atoms with Gasteiger partial charge in [0.25, 0.3) is 16.0 Å². The van der Waals surface area contributed by atoms with Crippen LogP contribution in [0.5, 0.6) is 0 Å². The summed E-state index contributed by atoms with van der Waals surface area (Å²) < 4.78 is 72.1. The van der Waals surface area contributed by atoms with Crippen LogP contribution in [0.3, 0.4) is 0 Å². The normalized spacial score (nSPS) is 15.0. The zero-order chi connectivity index (χ0) is 70.0. The number of aryl methyl sites for hydroxylation is 1. The molecule has 0 aromatic heterocycles. The van der Waals surface area contributed by atoms with E-state index in [1.165, 1.54) is 12.1 Å². The summed E-state index contributed by atoms with van der Waals surface area (Å²) in [5.41, 5.74) is 17.7. The van der Waals surface area contributed by atoms with Gasteiger partial charge in [0, 0.05) is 69.3 Å².